The molecule has 0 aliphatic heterocycles. The molecule has 14 heteroatoms. The van der Waals surface area contributed by atoms with Crippen LogP contribution in [0.1, 0.15) is 181 Å². The van der Waals surface area contributed by atoms with E-state index in [0.29, 0.717) is 19.3 Å². The Bertz CT molecular complexity index is 1410. The Morgan fingerprint density at radius 1 is 0.492 bits per heavy atom. The van der Waals surface area contributed by atoms with Crippen molar-refractivity contribution in [1.82, 2.24) is 0 Å². The van der Waals surface area contributed by atoms with Crippen LogP contribution in [0.3, 0.4) is 0 Å². The predicted molar refractivity (Wildman–Crippen MR) is 258 cm³/mol. The van der Waals surface area contributed by atoms with Crippen molar-refractivity contribution in [1.29, 1.82) is 0 Å². The van der Waals surface area contributed by atoms with Gasteiger partial charge in [0.1, 0.15) is 43.2 Å². The van der Waals surface area contributed by atoms with Crippen LogP contribution in [0.2, 0.25) is 0 Å². The monoisotopic (exact) mass is 939 g/mol. The van der Waals surface area contributed by atoms with Gasteiger partial charge in [-0.05, 0) is 70.6 Å². The van der Waals surface area contributed by atoms with Crippen molar-refractivity contribution >= 4 is 19.8 Å². The van der Waals surface area contributed by atoms with Crippen molar-refractivity contribution in [2.75, 3.05) is 13.2 Å². The molecule has 13 nitrogen and oxygen atoms in total. The molecular weight excluding hydrogens is 852 g/mol. The lowest BCUT2D eigenvalue weighted by Gasteiger charge is -2.41. The number of hydrogen-bond donors (Lipinski definition) is 6. The number of aliphatic hydroxyl groups excluding tert-OH is 5. The molecule has 6 N–H and O–H groups in total. The Labute approximate surface area is 391 Å². The lowest BCUT2D eigenvalue weighted by atomic mass is 9.85. The maximum Gasteiger partial charge on any atom is 0.472 e. The highest BCUT2D eigenvalue weighted by Gasteiger charge is 2.51. The summed E-state index contributed by atoms with van der Waals surface area (Å²) in [6.07, 6.45) is 38.4. The molecule has 0 amide bonds. The fraction of sp³-hybridized carbons (Fsp3) is 0.725. The minimum Gasteiger partial charge on any atom is -0.462 e. The van der Waals surface area contributed by atoms with E-state index < -0.39 is 75.7 Å². The minimum atomic E-state index is -5.14. The third-order valence-corrected chi connectivity index (χ3v) is 12.0. The Morgan fingerprint density at radius 2 is 0.908 bits per heavy atom. The van der Waals surface area contributed by atoms with Crippen LogP contribution in [0.15, 0.2) is 72.9 Å². The SMILES string of the molecule is CC/C=C\C/C=C\C/C=C\C/C=C\CCC(=O)OC(COC(=O)CCCCCCCCCCCCC/C=C\C/C=C\CCCCCCC)COP(=O)(O)OC1C(O)C(O)C(O)C(O)C1O. The summed E-state index contributed by atoms with van der Waals surface area (Å²) in [5.74, 6) is -1.20. The third kappa shape index (κ3) is 32.6. The summed E-state index contributed by atoms with van der Waals surface area (Å²) in [7, 11) is -5.14. The van der Waals surface area contributed by atoms with Gasteiger partial charge >= 0.3 is 19.8 Å². The van der Waals surface area contributed by atoms with E-state index in [0.717, 1.165) is 57.8 Å². The van der Waals surface area contributed by atoms with E-state index in [2.05, 4.69) is 68.5 Å². The molecule has 0 spiro atoms. The first-order valence-electron chi connectivity index (χ1n) is 24.7. The fourth-order valence-electron chi connectivity index (χ4n) is 7.10. The number of ether oxygens (including phenoxy) is 2. The van der Waals surface area contributed by atoms with Gasteiger partial charge in [-0.25, -0.2) is 4.57 Å². The smallest absolute Gasteiger partial charge is 0.462 e. The number of esters is 2. The zero-order valence-corrected chi connectivity index (χ0v) is 40.7. The van der Waals surface area contributed by atoms with Crippen LogP contribution >= 0.6 is 7.82 Å². The molecule has 6 unspecified atom stereocenters. The van der Waals surface area contributed by atoms with E-state index in [1.54, 1.807) is 0 Å². The van der Waals surface area contributed by atoms with Gasteiger partial charge in [0.25, 0.3) is 0 Å². The van der Waals surface area contributed by atoms with Crippen molar-refractivity contribution < 1.29 is 63.1 Å². The Hall–Kier alpha value is -2.71. The lowest BCUT2D eigenvalue weighted by Crippen LogP contribution is -2.64. The number of phosphoric acid groups is 1. The van der Waals surface area contributed by atoms with Gasteiger partial charge in [0.05, 0.1) is 6.61 Å². The summed E-state index contributed by atoms with van der Waals surface area (Å²) in [6, 6.07) is 0. The molecule has 374 valence electrons. The second-order valence-electron chi connectivity index (χ2n) is 16.9. The van der Waals surface area contributed by atoms with E-state index in [4.69, 9.17) is 18.5 Å². The molecule has 0 aromatic heterocycles. The van der Waals surface area contributed by atoms with Crippen molar-refractivity contribution in [2.45, 2.75) is 224 Å². The second kappa shape index (κ2) is 40.4. The molecule has 0 heterocycles. The van der Waals surface area contributed by atoms with E-state index in [-0.39, 0.29) is 12.8 Å². The van der Waals surface area contributed by atoms with Crippen LogP contribution in [0.4, 0.5) is 0 Å². The summed E-state index contributed by atoms with van der Waals surface area (Å²) in [5.41, 5.74) is 0. The van der Waals surface area contributed by atoms with E-state index in [9.17, 15) is 44.6 Å². The van der Waals surface area contributed by atoms with Gasteiger partial charge in [0.15, 0.2) is 6.10 Å². The highest BCUT2D eigenvalue weighted by molar-refractivity contribution is 7.47. The largest absolute Gasteiger partial charge is 0.472 e. The van der Waals surface area contributed by atoms with Crippen LogP contribution < -0.4 is 0 Å². The van der Waals surface area contributed by atoms with Crippen molar-refractivity contribution in [3.8, 4) is 0 Å². The van der Waals surface area contributed by atoms with Gasteiger partial charge in [-0.2, -0.15) is 0 Å². The van der Waals surface area contributed by atoms with E-state index in [1.165, 1.54) is 77.0 Å². The van der Waals surface area contributed by atoms with Gasteiger partial charge in [-0.15, -0.1) is 0 Å². The number of hydrogen-bond acceptors (Lipinski definition) is 12. The molecule has 1 fully saturated rings. The van der Waals surface area contributed by atoms with E-state index >= 15 is 0 Å². The number of unbranched alkanes of at least 4 members (excludes halogenated alkanes) is 16. The molecule has 0 aromatic carbocycles. The fourth-order valence-corrected chi connectivity index (χ4v) is 8.07. The quantitative estimate of drug-likeness (QED) is 0.0146. The highest BCUT2D eigenvalue weighted by atomic mass is 31.2. The van der Waals surface area contributed by atoms with E-state index in [1.807, 2.05) is 18.2 Å². The van der Waals surface area contributed by atoms with Crippen molar-refractivity contribution in [3.05, 3.63) is 72.9 Å². The molecule has 6 atom stereocenters. The van der Waals surface area contributed by atoms with Gasteiger partial charge in [0, 0.05) is 12.8 Å². The molecule has 0 aromatic rings. The highest BCUT2D eigenvalue weighted by Crippen LogP contribution is 2.47. The standard InChI is InChI=1S/C51H87O13P/c1-3-5-7-9-11-13-15-17-18-19-20-21-22-23-24-25-26-28-29-31-33-35-37-39-44(52)61-41-43(42-62-65(59,60)64-51-49(57)47(55)46(54)48(56)50(51)58)63-45(53)40-38-36-34-32-30-27-16-14-12-10-8-6-4-2/h6,8,12,14-15,17,19-20,27,30,34,36,43,46-51,54-58H,3-5,7,9-11,13,16,18,21-26,28-29,31-33,35,37-42H2,1-2H3,(H,59,60)/b8-6-,14-12-,17-15-,20-19-,30-27-,36-34-. The van der Waals surface area contributed by atoms with Gasteiger partial charge in [-0.1, -0.05) is 170 Å². The lowest BCUT2D eigenvalue weighted by molar-refractivity contribution is -0.220. The van der Waals surface area contributed by atoms with Crippen LogP contribution in [0.25, 0.3) is 0 Å². The first-order chi connectivity index (χ1) is 31.4. The number of allylic oxidation sites excluding steroid dienone is 12. The van der Waals surface area contributed by atoms with Crippen LogP contribution in [0.5, 0.6) is 0 Å². The molecule has 0 radical (unpaired) electrons. The summed E-state index contributed by atoms with van der Waals surface area (Å²) >= 11 is 0. The summed E-state index contributed by atoms with van der Waals surface area (Å²) in [6.45, 7) is 3.11. The third-order valence-electron chi connectivity index (χ3n) is 11.0. The summed E-state index contributed by atoms with van der Waals surface area (Å²) < 4.78 is 33.5. The number of aliphatic hydroxyl groups is 5. The van der Waals surface area contributed by atoms with Crippen molar-refractivity contribution in [3.63, 3.8) is 0 Å². The minimum absolute atomic E-state index is 0.0276. The summed E-state index contributed by atoms with van der Waals surface area (Å²) in [5, 5.41) is 50.2. The van der Waals surface area contributed by atoms with Gasteiger partial charge in [-0.3, -0.25) is 18.6 Å². The molecule has 1 aliphatic rings. The number of carbonyl (C=O) groups is 2. The average molecular weight is 939 g/mol. The number of phosphoric ester groups is 1. The zero-order chi connectivity index (χ0) is 47.8. The molecule has 1 aliphatic carbocycles. The maximum atomic E-state index is 12.8. The molecule has 0 saturated heterocycles. The zero-order valence-electron chi connectivity index (χ0n) is 39.8. The Morgan fingerprint density at radius 3 is 1.40 bits per heavy atom. The second-order valence-corrected chi connectivity index (χ2v) is 18.3. The maximum absolute atomic E-state index is 12.8. The molecule has 1 saturated carbocycles. The van der Waals surface area contributed by atoms with Crippen molar-refractivity contribution in [2.24, 2.45) is 0 Å². The normalized spacial score (nSPS) is 22.0. The topological polar surface area (TPSA) is 210 Å². The summed E-state index contributed by atoms with van der Waals surface area (Å²) in [4.78, 5) is 35.7. The van der Waals surface area contributed by atoms with Gasteiger partial charge < -0.3 is 39.9 Å². The van der Waals surface area contributed by atoms with Crippen LogP contribution in [-0.2, 0) is 32.7 Å². The first kappa shape index (κ1) is 60.3. The average Bonchev–Trinajstić information content (AvgIpc) is 3.29. The van der Waals surface area contributed by atoms with Crippen LogP contribution in [0, 0.1) is 0 Å². The Kier molecular flexibility index (Phi) is 37.5. The molecule has 1 rings (SSSR count). The molecule has 65 heavy (non-hydrogen) atoms. The van der Waals surface area contributed by atoms with Gasteiger partial charge in [0.2, 0.25) is 0 Å². The number of rotatable bonds is 40. The Balaban J connectivity index is 2.40. The van der Waals surface area contributed by atoms with Crippen LogP contribution in [-0.4, -0.2) is 98.3 Å². The molecule has 0 bridgehead atoms. The first-order valence-corrected chi connectivity index (χ1v) is 26.2. The predicted octanol–water partition coefficient (Wildman–Crippen LogP) is 10.3. The number of carbonyl (C=O) groups excluding carboxylic acids is 2. The molecular formula is C51H87O13P.